The largest absolute Gasteiger partial charge is 0.423 e. The molecule has 0 unspecified atom stereocenters. The molecule has 0 saturated heterocycles. The highest BCUT2D eigenvalue weighted by atomic mass is 32.2. The zero-order chi connectivity index (χ0) is 19.5. The summed E-state index contributed by atoms with van der Waals surface area (Å²) in [6.45, 7) is 1.77. The van der Waals surface area contributed by atoms with Gasteiger partial charge in [0, 0.05) is 17.0 Å². The minimum Gasteiger partial charge on any atom is -0.423 e. The number of hydrogen-bond acceptors (Lipinski definition) is 7. The minimum atomic E-state index is -0.427. The second-order valence-electron chi connectivity index (χ2n) is 6.31. The number of carbonyl (C=O) groups excluding carboxylic acids is 2. The van der Waals surface area contributed by atoms with Crippen molar-refractivity contribution >= 4 is 29.3 Å². The fraction of sp³-hybridized carbons (Fsp3) is 0.200. The number of nitrogens with one attached hydrogen (secondary N) is 1. The maximum atomic E-state index is 12.4. The molecule has 142 valence electrons. The summed E-state index contributed by atoms with van der Waals surface area (Å²) in [5, 5.41) is 6.56. The SMILES string of the molecule is Cc1noc(CSc2ccc(C(=O)Oc3ccc4c(c3)CCC(=O)N4)cc2)n1. The van der Waals surface area contributed by atoms with Crippen LogP contribution in [-0.4, -0.2) is 22.0 Å². The molecule has 28 heavy (non-hydrogen) atoms. The van der Waals surface area contributed by atoms with E-state index in [2.05, 4.69) is 15.5 Å². The van der Waals surface area contributed by atoms with Crippen molar-refractivity contribution in [2.75, 3.05) is 5.32 Å². The molecule has 0 fully saturated rings. The Bertz CT molecular complexity index is 1030. The van der Waals surface area contributed by atoms with Gasteiger partial charge in [0.25, 0.3) is 0 Å². The number of aryl methyl sites for hydroxylation is 2. The molecule has 2 aromatic carbocycles. The Balaban J connectivity index is 1.37. The van der Waals surface area contributed by atoms with E-state index in [1.807, 2.05) is 12.1 Å². The first-order valence-electron chi connectivity index (χ1n) is 8.74. The third-order valence-electron chi connectivity index (χ3n) is 4.20. The number of aromatic nitrogens is 2. The molecule has 0 bridgehead atoms. The number of thioether (sulfide) groups is 1. The van der Waals surface area contributed by atoms with E-state index in [4.69, 9.17) is 9.26 Å². The zero-order valence-corrected chi connectivity index (χ0v) is 15.9. The smallest absolute Gasteiger partial charge is 0.343 e. The monoisotopic (exact) mass is 395 g/mol. The van der Waals surface area contributed by atoms with Crippen molar-refractivity contribution in [1.29, 1.82) is 0 Å². The fourth-order valence-electron chi connectivity index (χ4n) is 2.82. The molecule has 1 aliphatic heterocycles. The Morgan fingerprint density at radius 1 is 1.21 bits per heavy atom. The second kappa shape index (κ2) is 7.85. The van der Waals surface area contributed by atoms with Crippen LogP contribution >= 0.6 is 11.8 Å². The van der Waals surface area contributed by atoms with Crippen LogP contribution in [0.1, 0.15) is 34.1 Å². The number of anilines is 1. The summed E-state index contributed by atoms with van der Waals surface area (Å²) in [4.78, 5) is 29.0. The number of rotatable bonds is 5. The van der Waals surface area contributed by atoms with Gasteiger partial charge < -0.3 is 14.6 Å². The van der Waals surface area contributed by atoms with E-state index < -0.39 is 5.97 Å². The number of hydrogen-bond donors (Lipinski definition) is 1. The molecule has 1 N–H and O–H groups in total. The van der Waals surface area contributed by atoms with Gasteiger partial charge in [-0.3, -0.25) is 4.79 Å². The highest BCUT2D eigenvalue weighted by Crippen LogP contribution is 2.27. The lowest BCUT2D eigenvalue weighted by atomic mass is 10.0. The van der Waals surface area contributed by atoms with E-state index in [0.717, 1.165) is 16.1 Å². The van der Waals surface area contributed by atoms with Gasteiger partial charge in [0.15, 0.2) is 5.82 Å². The zero-order valence-electron chi connectivity index (χ0n) is 15.1. The van der Waals surface area contributed by atoms with Gasteiger partial charge in [-0.25, -0.2) is 4.79 Å². The van der Waals surface area contributed by atoms with Gasteiger partial charge in [0.2, 0.25) is 11.8 Å². The number of nitrogens with zero attached hydrogens (tertiary/aromatic N) is 2. The number of ether oxygens (including phenoxy) is 1. The molecule has 0 atom stereocenters. The summed E-state index contributed by atoms with van der Waals surface area (Å²) < 4.78 is 10.6. The first-order valence-corrected chi connectivity index (χ1v) is 9.72. The van der Waals surface area contributed by atoms with Crippen molar-refractivity contribution in [1.82, 2.24) is 10.1 Å². The standard InChI is InChI=1S/C20H17N3O4S/c1-12-21-19(27-23-12)11-28-16-6-2-13(3-7-16)20(25)26-15-5-8-17-14(10-15)4-9-18(24)22-17/h2-3,5-8,10H,4,9,11H2,1H3,(H,22,24). The van der Waals surface area contributed by atoms with Gasteiger partial charge in [-0.15, -0.1) is 11.8 Å². The maximum Gasteiger partial charge on any atom is 0.343 e. The van der Waals surface area contributed by atoms with E-state index in [0.29, 0.717) is 41.6 Å². The third-order valence-corrected chi connectivity index (χ3v) is 5.20. The van der Waals surface area contributed by atoms with Crippen LogP contribution in [0.2, 0.25) is 0 Å². The van der Waals surface area contributed by atoms with Gasteiger partial charge in [0.05, 0.1) is 11.3 Å². The van der Waals surface area contributed by atoms with E-state index in [1.165, 1.54) is 0 Å². The van der Waals surface area contributed by atoms with Gasteiger partial charge >= 0.3 is 5.97 Å². The normalized spacial score (nSPS) is 13.0. The second-order valence-corrected chi connectivity index (χ2v) is 7.35. The van der Waals surface area contributed by atoms with E-state index in [9.17, 15) is 9.59 Å². The van der Waals surface area contributed by atoms with Gasteiger partial charge in [0.1, 0.15) is 5.75 Å². The Labute approximate surface area is 165 Å². The van der Waals surface area contributed by atoms with E-state index in [-0.39, 0.29) is 5.91 Å². The number of amides is 1. The Morgan fingerprint density at radius 3 is 2.79 bits per heavy atom. The van der Waals surface area contributed by atoms with Gasteiger partial charge in [-0.1, -0.05) is 5.16 Å². The van der Waals surface area contributed by atoms with E-state index >= 15 is 0 Å². The molecule has 3 aromatic rings. The van der Waals surface area contributed by atoms with Crippen LogP contribution in [0, 0.1) is 6.92 Å². The maximum absolute atomic E-state index is 12.4. The molecule has 1 aromatic heterocycles. The molecule has 1 amide bonds. The van der Waals surface area contributed by atoms with Crippen molar-refractivity contribution in [3.8, 4) is 5.75 Å². The van der Waals surface area contributed by atoms with Crippen molar-refractivity contribution in [2.24, 2.45) is 0 Å². The minimum absolute atomic E-state index is 0.00410. The topological polar surface area (TPSA) is 94.3 Å². The van der Waals surface area contributed by atoms with Gasteiger partial charge in [-0.2, -0.15) is 4.98 Å². The highest BCUT2D eigenvalue weighted by molar-refractivity contribution is 7.98. The summed E-state index contributed by atoms with van der Waals surface area (Å²) in [6, 6.07) is 12.4. The molecule has 0 saturated carbocycles. The summed E-state index contributed by atoms with van der Waals surface area (Å²) in [6.07, 6.45) is 1.07. The number of esters is 1. The Hall–Kier alpha value is -3.13. The van der Waals surface area contributed by atoms with Crippen molar-refractivity contribution in [3.05, 3.63) is 65.3 Å². The number of carbonyl (C=O) groups is 2. The Kier molecular flexibility index (Phi) is 5.12. The molecule has 0 spiro atoms. The van der Waals surface area contributed by atoms with Crippen LogP contribution in [0.5, 0.6) is 5.75 Å². The summed E-state index contributed by atoms with van der Waals surface area (Å²) in [5.41, 5.74) is 2.20. The first kappa shape index (κ1) is 18.2. The van der Waals surface area contributed by atoms with Crippen molar-refractivity contribution in [2.45, 2.75) is 30.4 Å². The van der Waals surface area contributed by atoms with Crippen LogP contribution in [0.15, 0.2) is 51.9 Å². The van der Waals surface area contributed by atoms with Crippen LogP contribution in [0.4, 0.5) is 5.69 Å². The molecule has 2 heterocycles. The number of benzene rings is 2. The number of fused-ring (bicyclic) bond motifs is 1. The summed E-state index contributed by atoms with van der Waals surface area (Å²) in [7, 11) is 0. The van der Waals surface area contributed by atoms with Crippen LogP contribution in [-0.2, 0) is 17.0 Å². The lowest BCUT2D eigenvalue weighted by molar-refractivity contribution is -0.116. The van der Waals surface area contributed by atoms with Crippen LogP contribution < -0.4 is 10.1 Å². The highest BCUT2D eigenvalue weighted by Gasteiger charge is 2.16. The molecular weight excluding hydrogens is 378 g/mol. The lowest BCUT2D eigenvalue weighted by Gasteiger charge is -2.17. The van der Waals surface area contributed by atoms with Crippen molar-refractivity contribution < 1.29 is 18.8 Å². The molecule has 0 aliphatic carbocycles. The molecule has 0 radical (unpaired) electrons. The summed E-state index contributed by atoms with van der Waals surface area (Å²) in [5.74, 6) is 1.78. The molecule has 8 heteroatoms. The molecule has 4 rings (SSSR count). The molecular formula is C20H17N3O4S. The summed E-state index contributed by atoms with van der Waals surface area (Å²) >= 11 is 1.54. The lowest BCUT2D eigenvalue weighted by Crippen LogP contribution is -2.19. The molecule has 1 aliphatic rings. The molecule has 7 nitrogen and oxygen atoms in total. The average molecular weight is 395 g/mol. The Morgan fingerprint density at radius 2 is 2.04 bits per heavy atom. The fourth-order valence-corrected chi connectivity index (χ4v) is 3.56. The van der Waals surface area contributed by atoms with Crippen molar-refractivity contribution in [3.63, 3.8) is 0 Å². The first-order chi connectivity index (χ1) is 13.6. The predicted molar refractivity (Wildman–Crippen MR) is 103 cm³/mol. The third kappa shape index (κ3) is 4.23. The predicted octanol–water partition coefficient (Wildman–Crippen LogP) is 3.77. The van der Waals surface area contributed by atoms with Crippen LogP contribution in [0.3, 0.4) is 0 Å². The van der Waals surface area contributed by atoms with Crippen LogP contribution in [0.25, 0.3) is 0 Å². The quantitative estimate of drug-likeness (QED) is 0.399. The van der Waals surface area contributed by atoms with E-state index in [1.54, 1.807) is 49.0 Å². The average Bonchev–Trinajstić information content (AvgIpc) is 3.12. The van der Waals surface area contributed by atoms with Gasteiger partial charge in [-0.05, 0) is 61.4 Å².